The minimum Gasteiger partial charge on any atom is -0.340 e. The predicted octanol–water partition coefficient (Wildman–Crippen LogP) is 2.38. The van der Waals surface area contributed by atoms with Crippen LogP contribution in [0.3, 0.4) is 0 Å². The van der Waals surface area contributed by atoms with Crippen LogP contribution in [0.5, 0.6) is 0 Å². The third-order valence-electron chi connectivity index (χ3n) is 1.24. The van der Waals surface area contributed by atoms with Crippen molar-refractivity contribution in [2.75, 3.05) is 11.6 Å². The van der Waals surface area contributed by atoms with Crippen molar-refractivity contribution in [3.05, 3.63) is 12.4 Å². The van der Waals surface area contributed by atoms with Crippen molar-refractivity contribution in [1.82, 2.24) is 9.97 Å². The van der Waals surface area contributed by atoms with E-state index >= 15 is 0 Å². The van der Waals surface area contributed by atoms with E-state index in [-0.39, 0.29) is 0 Å². The Kier molecular flexibility index (Phi) is 3.80. The number of aromatic nitrogens is 2. The molecule has 4 heteroatoms. The molecule has 11 heavy (non-hydrogen) atoms. The molecule has 0 saturated heterocycles. The molecule has 1 aromatic heterocycles. The summed E-state index contributed by atoms with van der Waals surface area (Å²) in [7, 11) is 0. The zero-order valence-electron chi connectivity index (χ0n) is 6.38. The number of rotatable bonds is 4. The summed E-state index contributed by atoms with van der Waals surface area (Å²) in [5, 5.41) is 0.974. The summed E-state index contributed by atoms with van der Waals surface area (Å²) in [6.07, 6.45) is 3.58. The van der Waals surface area contributed by atoms with Gasteiger partial charge in [-0.2, -0.15) is 0 Å². The maximum atomic E-state index is 5.65. The second kappa shape index (κ2) is 4.67. The molecule has 1 aromatic rings. The van der Waals surface area contributed by atoms with Crippen LogP contribution in [-0.4, -0.2) is 21.6 Å². The molecule has 62 valence electrons. The first-order valence-electron chi connectivity index (χ1n) is 3.51. The molecule has 0 saturated carbocycles. The van der Waals surface area contributed by atoms with Crippen molar-refractivity contribution in [1.29, 1.82) is 0 Å². The Labute approximate surface area is 75.7 Å². The molecule has 0 amide bonds. The van der Waals surface area contributed by atoms with E-state index in [0.717, 1.165) is 10.9 Å². The standard InChI is InChI=1S/C7H11ClN2S/c1-6(4-8)5-11-7-9-2-3-10-7/h2-3,6H,4-5H2,1H3,(H,9,10). The first kappa shape index (κ1) is 8.94. The second-order valence-corrected chi connectivity index (χ2v) is 3.78. The number of H-pyrrole nitrogens is 1. The Hall–Kier alpha value is -0.150. The second-order valence-electron chi connectivity index (χ2n) is 2.46. The fourth-order valence-electron chi connectivity index (χ4n) is 0.595. The Morgan fingerprint density at radius 2 is 2.64 bits per heavy atom. The number of hydrogen-bond donors (Lipinski definition) is 1. The minimum atomic E-state index is 0.548. The predicted molar refractivity (Wildman–Crippen MR) is 49.2 cm³/mol. The van der Waals surface area contributed by atoms with Gasteiger partial charge in [-0.15, -0.1) is 11.6 Å². The molecule has 0 aliphatic carbocycles. The Balaban J connectivity index is 2.23. The molecule has 2 nitrogen and oxygen atoms in total. The minimum absolute atomic E-state index is 0.548. The van der Waals surface area contributed by atoms with E-state index in [9.17, 15) is 0 Å². The Morgan fingerprint density at radius 1 is 1.82 bits per heavy atom. The lowest BCUT2D eigenvalue weighted by Crippen LogP contribution is -1.99. The zero-order valence-corrected chi connectivity index (χ0v) is 7.95. The smallest absolute Gasteiger partial charge is 0.165 e. The van der Waals surface area contributed by atoms with Crippen LogP contribution in [0.2, 0.25) is 0 Å². The van der Waals surface area contributed by atoms with E-state index in [2.05, 4.69) is 16.9 Å². The summed E-state index contributed by atoms with van der Waals surface area (Å²) in [5.74, 6) is 2.29. The number of imidazole rings is 1. The highest BCUT2D eigenvalue weighted by Crippen LogP contribution is 2.16. The van der Waals surface area contributed by atoms with Gasteiger partial charge in [0.25, 0.3) is 0 Å². The van der Waals surface area contributed by atoms with Gasteiger partial charge >= 0.3 is 0 Å². The van der Waals surface area contributed by atoms with E-state index in [4.69, 9.17) is 11.6 Å². The van der Waals surface area contributed by atoms with Crippen LogP contribution in [0.1, 0.15) is 6.92 Å². The number of thioether (sulfide) groups is 1. The van der Waals surface area contributed by atoms with Gasteiger partial charge in [0.15, 0.2) is 5.16 Å². The highest BCUT2D eigenvalue weighted by molar-refractivity contribution is 7.99. The van der Waals surface area contributed by atoms with Gasteiger partial charge < -0.3 is 4.98 Å². The first-order chi connectivity index (χ1) is 5.33. The van der Waals surface area contributed by atoms with Crippen LogP contribution in [0.15, 0.2) is 17.6 Å². The van der Waals surface area contributed by atoms with E-state index in [1.807, 2.05) is 6.20 Å². The third-order valence-corrected chi connectivity index (χ3v) is 3.00. The molecule has 0 aromatic carbocycles. The van der Waals surface area contributed by atoms with Gasteiger partial charge in [0, 0.05) is 24.0 Å². The maximum absolute atomic E-state index is 5.65. The lowest BCUT2D eigenvalue weighted by Gasteiger charge is -2.03. The normalized spacial score (nSPS) is 13.3. The Bertz CT molecular complexity index is 188. The SMILES string of the molecule is CC(CCl)CSc1ncc[nH]1. The topological polar surface area (TPSA) is 28.7 Å². The lowest BCUT2D eigenvalue weighted by molar-refractivity contribution is 0.757. The molecule has 1 unspecified atom stereocenters. The van der Waals surface area contributed by atoms with Crippen molar-refractivity contribution < 1.29 is 0 Å². The fourth-order valence-corrected chi connectivity index (χ4v) is 1.68. The van der Waals surface area contributed by atoms with E-state index in [0.29, 0.717) is 11.8 Å². The van der Waals surface area contributed by atoms with Gasteiger partial charge in [-0.05, 0) is 5.92 Å². The lowest BCUT2D eigenvalue weighted by atomic mass is 10.3. The van der Waals surface area contributed by atoms with Crippen LogP contribution in [0.25, 0.3) is 0 Å². The van der Waals surface area contributed by atoms with E-state index in [1.165, 1.54) is 0 Å². The van der Waals surface area contributed by atoms with Crippen LogP contribution >= 0.6 is 23.4 Å². The summed E-state index contributed by atoms with van der Waals surface area (Å²) in [4.78, 5) is 7.11. The first-order valence-corrected chi connectivity index (χ1v) is 5.03. The molecule has 0 fully saturated rings. The quantitative estimate of drug-likeness (QED) is 0.584. The number of alkyl halides is 1. The van der Waals surface area contributed by atoms with E-state index in [1.54, 1.807) is 18.0 Å². The average Bonchev–Trinajstić information content (AvgIpc) is 2.52. The fraction of sp³-hybridized carbons (Fsp3) is 0.571. The number of hydrogen-bond acceptors (Lipinski definition) is 2. The molecule has 1 atom stereocenters. The highest BCUT2D eigenvalue weighted by atomic mass is 35.5. The average molecular weight is 191 g/mol. The summed E-state index contributed by atoms with van der Waals surface area (Å²) < 4.78 is 0. The summed E-state index contributed by atoms with van der Waals surface area (Å²) >= 11 is 7.36. The largest absolute Gasteiger partial charge is 0.340 e. The molecule has 0 aliphatic rings. The maximum Gasteiger partial charge on any atom is 0.165 e. The molecule has 1 heterocycles. The summed E-state index contributed by atoms with van der Waals surface area (Å²) in [5.41, 5.74) is 0. The molecule has 0 radical (unpaired) electrons. The summed E-state index contributed by atoms with van der Waals surface area (Å²) in [6.45, 7) is 2.13. The van der Waals surface area contributed by atoms with Gasteiger partial charge in [-0.3, -0.25) is 0 Å². The Morgan fingerprint density at radius 3 is 3.18 bits per heavy atom. The molecule has 1 N–H and O–H groups in total. The molecule has 1 rings (SSSR count). The van der Waals surface area contributed by atoms with Gasteiger partial charge in [-0.25, -0.2) is 4.98 Å². The molecular weight excluding hydrogens is 180 g/mol. The van der Waals surface area contributed by atoms with Crippen molar-refractivity contribution in [3.8, 4) is 0 Å². The monoisotopic (exact) mass is 190 g/mol. The summed E-state index contributed by atoms with van der Waals surface area (Å²) in [6, 6.07) is 0. The number of nitrogens with zero attached hydrogens (tertiary/aromatic N) is 1. The highest BCUT2D eigenvalue weighted by Gasteiger charge is 2.01. The molecule has 0 aliphatic heterocycles. The van der Waals surface area contributed by atoms with Gasteiger partial charge in [-0.1, -0.05) is 18.7 Å². The van der Waals surface area contributed by atoms with Crippen molar-refractivity contribution in [2.45, 2.75) is 12.1 Å². The van der Waals surface area contributed by atoms with Gasteiger partial charge in [0.05, 0.1) is 0 Å². The number of halogens is 1. The molecular formula is C7H11ClN2S. The molecule has 0 bridgehead atoms. The van der Waals surface area contributed by atoms with Crippen molar-refractivity contribution in [3.63, 3.8) is 0 Å². The van der Waals surface area contributed by atoms with Crippen LogP contribution < -0.4 is 0 Å². The van der Waals surface area contributed by atoms with Gasteiger partial charge in [0.1, 0.15) is 0 Å². The number of nitrogens with one attached hydrogen (secondary N) is 1. The number of aromatic amines is 1. The van der Waals surface area contributed by atoms with Crippen LogP contribution in [-0.2, 0) is 0 Å². The van der Waals surface area contributed by atoms with Crippen molar-refractivity contribution in [2.24, 2.45) is 5.92 Å². The van der Waals surface area contributed by atoms with E-state index < -0.39 is 0 Å². The van der Waals surface area contributed by atoms with Crippen LogP contribution in [0, 0.1) is 5.92 Å². The third kappa shape index (κ3) is 3.16. The van der Waals surface area contributed by atoms with Gasteiger partial charge in [0.2, 0.25) is 0 Å². The molecule has 0 spiro atoms. The van der Waals surface area contributed by atoms with Crippen LogP contribution in [0.4, 0.5) is 0 Å². The van der Waals surface area contributed by atoms with Crippen molar-refractivity contribution >= 4 is 23.4 Å². The zero-order chi connectivity index (χ0) is 8.10.